The van der Waals surface area contributed by atoms with Crippen molar-refractivity contribution in [2.45, 2.75) is 51.7 Å². The van der Waals surface area contributed by atoms with Gasteiger partial charge in [-0.1, -0.05) is 13.8 Å². The zero-order valence-corrected chi connectivity index (χ0v) is 17.8. The summed E-state index contributed by atoms with van der Waals surface area (Å²) >= 11 is 0. The maximum atomic E-state index is 13.7. The largest absolute Gasteiger partial charge is 0.472 e. The highest BCUT2D eigenvalue weighted by atomic mass is 16.6. The molecule has 0 aromatic carbocycles. The van der Waals surface area contributed by atoms with E-state index in [1.165, 1.54) is 19.6 Å². The summed E-state index contributed by atoms with van der Waals surface area (Å²) in [5.41, 5.74) is 4.34. The van der Waals surface area contributed by atoms with Gasteiger partial charge in [0.25, 0.3) is 0 Å². The van der Waals surface area contributed by atoms with E-state index in [9.17, 15) is 19.2 Å². The van der Waals surface area contributed by atoms with Gasteiger partial charge >= 0.3 is 18.0 Å². The van der Waals surface area contributed by atoms with Crippen LogP contribution in [-0.2, 0) is 28.6 Å². The van der Waals surface area contributed by atoms with Crippen LogP contribution in [0.15, 0.2) is 23.0 Å². The molecule has 2 N–H and O–H groups in total. The second-order valence-electron chi connectivity index (χ2n) is 9.36. The summed E-state index contributed by atoms with van der Waals surface area (Å²) in [6, 6.07) is 1.72. The number of furan rings is 1. The van der Waals surface area contributed by atoms with Crippen molar-refractivity contribution in [1.82, 2.24) is 0 Å². The number of ketones is 1. The normalized spacial score (nSPS) is 39.6. The van der Waals surface area contributed by atoms with Gasteiger partial charge < -0.3 is 24.4 Å². The van der Waals surface area contributed by atoms with E-state index >= 15 is 0 Å². The van der Waals surface area contributed by atoms with Gasteiger partial charge in [0, 0.05) is 17.9 Å². The first-order valence-electron chi connectivity index (χ1n) is 10.4. The van der Waals surface area contributed by atoms with Crippen LogP contribution < -0.4 is 5.73 Å². The lowest BCUT2D eigenvalue weighted by molar-refractivity contribution is -0.207. The first-order valence-corrected chi connectivity index (χ1v) is 10.4. The third-order valence-corrected chi connectivity index (χ3v) is 7.76. The lowest BCUT2D eigenvalue weighted by atomic mass is 9.43. The number of esters is 2. The van der Waals surface area contributed by atoms with Gasteiger partial charge in [-0.2, -0.15) is 0 Å². The molecule has 3 aliphatic rings. The van der Waals surface area contributed by atoms with Crippen molar-refractivity contribution in [1.29, 1.82) is 0 Å². The minimum atomic E-state index is -1.17. The highest BCUT2D eigenvalue weighted by Gasteiger charge is 2.67. The van der Waals surface area contributed by atoms with Crippen molar-refractivity contribution < 1.29 is 37.8 Å². The second kappa shape index (κ2) is 7.39. The average Bonchev–Trinajstić information content (AvgIpc) is 3.23. The molecule has 0 radical (unpaired) electrons. The monoisotopic (exact) mass is 433 g/mol. The third kappa shape index (κ3) is 3.21. The van der Waals surface area contributed by atoms with Gasteiger partial charge in [-0.05, 0) is 36.2 Å². The maximum Gasteiger partial charge on any atom is 0.405 e. The summed E-state index contributed by atoms with van der Waals surface area (Å²) in [5, 5.41) is 0. The Morgan fingerprint density at radius 2 is 1.97 bits per heavy atom. The van der Waals surface area contributed by atoms with E-state index in [4.69, 9.17) is 24.4 Å². The second-order valence-corrected chi connectivity index (χ2v) is 9.36. The number of primary amides is 1. The zero-order chi connectivity index (χ0) is 22.6. The van der Waals surface area contributed by atoms with Crippen LogP contribution >= 0.6 is 0 Å². The maximum absolute atomic E-state index is 13.7. The molecule has 1 amide bonds. The fourth-order valence-corrected chi connectivity index (χ4v) is 6.40. The highest BCUT2D eigenvalue weighted by Crippen LogP contribution is 2.65. The Balaban J connectivity index is 1.80. The summed E-state index contributed by atoms with van der Waals surface area (Å²) < 4.78 is 21.0. The molecule has 1 aromatic rings. The molecular weight excluding hydrogens is 406 g/mol. The standard InChI is InChI=1S/C22H27NO8/c1-21-6-4-12-19(26)30-15(11-5-7-29-10-11)9-22(12,2)17(21)16(24)14(31-20(23)27)8-13(21)18(25)28-3/h5,7,10,12-15,17H,4,6,8-9H2,1-3H3,(H2,23,27)/t12?,13-,14?,15-,17?,21-,22-/m0/s1. The number of nitrogens with two attached hydrogens (primary N) is 1. The van der Waals surface area contributed by atoms with Crippen LogP contribution in [0.4, 0.5) is 4.79 Å². The van der Waals surface area contributed by atoms with Crippen LogP contribution in [0.1, 0.15) is 51.2 Å². The molecule has 2 heterocycles. The molecule has 9 nitrogen and oxygen atoms in total. The predicted octanol–water partition coefficient (Wildman–Crippen LogP) is 2.53. The Morgan fingerprint density at radius 3 is 2.58 bits per heavy atom. The van der Waals surface area contributed by atoms with Gasteiger partial charge in [0.15, 0.2) is 11.9 Å². The van der Waals surface area contributed by atoms with Crippen molar-refractivity contribution in [3.63, 3.8) is 0 Å². The predicted molar refractivity (Wildman–Crippen MR) is 104 cm³/mol. The van der Waals surface area contributed by atoms with Crippen LogP contribution in [0.3, 0.4) is 0 Å². The van der Waals surface area contributed by atoms with E-state index in [1.807, 2.05) is 13.8 Å². The molecule has 2 saturated carbocycles. The molecule has 1 aliphatic heterocycles. The highest BCUT2D eigenvalue weighted by molar-refractivity contribution is 5.93. The van der Waals surface area contributed by atoms with Crippen LogP contribution in [0.25, 0.3) is 0 Å². The molecule has 3 unspecified atom stereocenters. The lowest BCUT2D eigenvalue weighted by Crippen LogP contribution is -2.65. The molecule has 31 heavy (non-hydrogen) atoms. The average molecular weight is 433 g/mol. The number of carbonyl (C=O) groups is 4. The van der Waals surface area contributed by atoms with E-state index in [-0.39, 0.29) is 18.2 Å². The summed E-state index contributed by atoms with van der Waals surface area (Å²) in [5.74, 6) is -3.05. The summed E-state index contributed by atoms with van der Waals surface area (Å²) in [6.07, 6.45) is 1.55. The molecule has 0 spiro atoms. The van der Waals surface area contributed by atoms with Crippen LogP contribution in [-0.4, -0.2) is 37.0 Å². The molecule has 168 valence electrons. The zero-order valence-electron chi connectivity index (χ0n) is 17.8. The van der Waals surface area contributed by atoms with Crippen molar-refractivity contribution in [2.75, 3.05) is 7.11 Å². The van der Waals surface area contributed by atoms with Crippen molar-refractivity contribution in [2.24, 2.45) is 34.3 Å². The summed E-state index contributed by atoms with van der Waals surface area (Å²) in [4.78, 5) is 50.9. The van der Waals surface area contributed by atoms with Gasteiger partial charge in [-0.25, -0.2) is 4.79 Å². The molecular formula is C22H27NO8. The number of rotatable bonds is 3. The molecule has 2 aliphatic carbocycles. The Bertz CT molecular complexity index is 911. The first kappa shape index (κ1) is 21.4. The molecule has 0 bridgehead atoms. The Hall–Kier alpha value is -2.84. The summed E-state index contributed by atoms with van der Waals surface area (Å²) in [6.45, 7) is 3.79. The van der Waals surface area contributed by atoms with Gasteiger partial charge in [0.05, 0.1) is 31.5 Å². The number of Topliss-reactive ketones (excluding diaryl/α,β-unsaturated/α-hetero) is 1. The topological polar surface area (TPSA) is 135 Å². The first-order chi connectivity index (χ1) is 14.6. The van der Waals surface area contributed by atoms with Gasteiger partial charge in [0.2, 0.25) is 0 Å². The fraction of sp³-hybridized carbons (Fsp3) is 0.636. The fourth-order valence-electron chi connectivity index (χ4n) is 6.40. The molecule has 7 atom stereocenters. The minimum Gasteiger partial charge on any atom is -0.472 e. The number of carbonyl (C=O) groups excluding carboxylic acids is 4. The molecule has 4 rings (SSSR count). The van der Waals surface area contributed by atoms with E-state index in [0.29, 0.717) is 24.8 Å². The number of hydrogen-bond donors (Lipinski definition) is 1. The van der Waals surface area contributed by atoms with E-state index in [1.54, 1.807) is 6.07 Å². The van der Waals surface area contributed by atoms with Crippen molar-refractivity contribution in [3.05, 3.63) is 24.2 Å². The minimum absolute atomic E-state index is 0.0117. The molecule has 1 saturated heterocycles. The van der Waals surface area contributed by atoms with Crippen LogP contribution in [0.2, 0.25) is 0 Å². The van der Waals surface area contributed by atoms with E-state index in [2.05, 4.69) is 0 Å². The Labute approximate surface area is 179 Å². The quantitative estimate of drug-likeness (QED) is 0.567. The number of methoxy groups -OCH3 is 1. The number of hydrogen-bond acceptors (Lipinski definition) is 8. The number of cyclic esters (lactones) is 1. The lowest BCUT2D eigenvalue weighted by Gasteiger charge is -2.60. The van der Waals surface area contributed by atoms with Gasteiger partial charge in [-0.15, -0.1) is 0 Å². The Kier molecular flexibility index (Phi) is 5.10. The number of fused-ring (bicyclic) bond motifs is 3. The SMILES string of the molecule is COC(=O)[C@@H]1CC(OC(N)=O)C(=O)C2[C@@]3(C)C[C@@H](c4ccoc4)OC(=O)C3CC[C@]21C. The van der Waals surface area contributed by atoms with Gasteiger partial charge in [-0.3, -0.25) is 14.4 Å². The van der Waals surface area contributed by atoms with E-state index in [0.717, 1.165) is 0 Å². The Morgan fingerprint density at radius 1 is 1.23 bits per heavy atom. The third-order valence-electron chi connectivity index (χ3n) is 7.76. The van der Waals surface area contributed by atoms with Crippen LogP contribution in [0.5, 0.6) is 0 Å². The summed E-state index contributed by atoms with van der Waals surface area (Å²) in [7, 11) is 1.29. The molecule has 1 aromatic heterocycles. The van der Waals surface area contributed by atoms with E-state index < -0.39 is 52.9 Å². The molecule has 9 heteroatoms. The van der Waals surface area contributed by atoms with Crippen LogP contribution in [0, 0.1) is 28.6 Å². The smallest absolute Gasteiger partial charge is 0.405 e. The molecule has 3 fully saturated rings. The van der Waals surface area contributed by atoms with Gasteiger partial charge in [0.1, 0.15) is 6.10 Å². The van der Waals surface area contributed by atoms with Crippen molar-refractivity contribution in [3.8, 4) is 0 Å². The van der Waals surface area contributed by atoms with Crippen molar-refractivity contribution >= 4 is 23.8 Å². The number of amides is 1. The number of ether oxygens (including phenoxy) is 3.